The van der Waals surface area contributed by atoms with E-state index in [4.69, 9.17) is 0 Å². The lowest BCUT2D eigenvalue weighted by Crippen LogP contribution is -2.63. The maximum atomic E-state index is 14.8. The zero-order valence-corrected chi connectivity index (χ0v) is 23.5. The Balaban J connectivity index is 1.09. The van der Waals surface area contributed by atoms with Crippen LogP contribution in [0.15, 0.2) is 29.5 Å². The van der Waals surface area contributed by atoms with E-state index < -0.39 is 23.6 Å². The molecule has 13 heteroatoms. The SMILES string of the molecule is COC(F)(C1C=Cc2c(c(NCC(=O)NC3CN(C4CCC(O)(C5=CC=C(C)NC5)CC4)C3)nn2C)C1)C(F)(F)F. The molecule has 2 fully saturated rings. The lowest BCUT2D eigenvalue weighted by atomic mass is 9.75. The number of ether oxygens (including phenoxy) is 1. The van der Waals surface area contributed by atoms with Crippen molar-refractivity contribution < 1.29 is 32.2 Å². The molecule has 5 rings (SSSR count). The van der Waals surface area contributed by atoms with Crippen LogP contribution in [0.5, 0.6) is 0 Å². The Labute approximate surface area is 236 Å². The number of methoxy groups -OCH3 is 1. The number of halogens is 4. The van der Waals surface area contributed by atoms with E-state index in [1.807, 2.05) is 19.1 Å². The van der Waals surface area contributed by atoms with E-state index in [1.165, 1.54) is 10.8 Å². The number of rotatable bonds is 8. The van der Waals surface area contributed by atoms with Gasteiger partial charge in [0.15, 0.2) is 5.82 Å². The van der Waals surface area contributed by atoms with Gasteiger partial charge in [-0.3, -0.25) is 14.4 Å². The summed E-state index contributed by atoms with van der Waals surface area (Å²) in [5, 5.41) is 24.7. The molecule has 1 amide bonds. The molecule has 0 radical (unpaired) electrons. The topological polar surface area (TPSA) is 104 Å². The minimum Gasteiger partial charge on any atom is -0.385 e. The first kappa shape index (κ1) is 29.6. The van der Waals surface area contributed by atoms with E-state index in [1.54, 1.807) is 7.05 Å². The number of allylic oxidation sites excluding steroid dienone is 3. The predicted molar refractivity (Wildman–Crippen MR) is 145 cm³/mol. The van der Waals surface area contributed by atoms with Gasteiger partial charge < -0.3 is 25.8 Å². The number of nitrogens with zero attached hydrogens (tertiary/aromatic N) is 3. The average Bonchev–Trinajstić information content (AvgIpc) is 3.23. The molecule has 1 aromatic heterocycles. The molecule has 2 aliphatic heterocycles. The number of aliphatic hydroxyl groups is 1. The van der Waals surface area contributed by atoms with Gasteiger partial charge in [-0.25, -0.2) is 4.39 Å². The van der Waals surface area contributed by atoms with Crippen LogP contribution in [0, 0.1) is 5.92 Å². The van der Waals surface area contributed by atoms with Crippen LogP contribution in [0.25, 0.3) is 6.08 Å². The summed E-state index contributed by atoms with van der Waals surface area (Å²) in [6.07, 6.45) is 4.27. The number of fused-ring (bicyclic) bond motifs is 1. The van der Waals surface area contributed by atoms with Gasteiger partial charge in [-0.1, -0.05) is 12.2 Å². The van der Waals surface area contributed by atoms with Crippen LogP contribution in [0.1, 0.15) is 43.9 Å². The van der Waals surface area contributed by atoms with Gasteiger partial charge in [-0.2, -0.15) is 18.3 Å². The second kappa shape index (κ2) is 11.1. The van der Waals surface area contributed by atoms with Crippen molar-refractivity contribution in [1.29, 1.82) is 0 Å². The molecule has 9 nitrogen and oxygen atoms in total. The Morgan fingerprint density at radius 1 is 1.24 bits per heavy atom. The summed E-state index contributed by atoms with van der Waals surface area (Å²) in [7, 11) is 2.33. The number of anilines is 1. The number of hydrogen-bond acceptors (Lipinski definition) is 7. The van der Waals surface area contributed by atoms with Gasteiger partial charge in [-0.15, -0.1) is 0 Å². The fraction of sp³-hybridized carbons (Fsp3) is 0.643. The smallest absolute Gasteiger partial charge is 0.385 e. The number of amides is 1. The zero-order valence-electron chi connectivity index (χ0n) is 23.5. The van der Waals surface area contributed by atoms with Crippen LogP contribution in [0.4, 0.5) is 23.4 Å². The second-order valence-electron chi connectivity index (χ2n) is 11.6. The number of aryl methyl sites for hydroxylation is 1. The van der Waals surface area contributed by atoms with Crippen molar-refractivity contribution in [2.24, 2.45) is 13.0 Å². The fourth-order valence-corrected chi connectivity index (χ4v) is 6.37. The Morgan fingerprint density at radius 2 is 1.95 bits per heavy atom. The number of carbonyl (C=O) groups excluding carboxylic acids is 1. The summed E-state index contributed by atoms with van der Waals surface area (Å²) in [5.41, 5.74) is 2.30. The maximum absolute atomic E-state index is 14.8. The molecule has 2 unspecified atom stereocenters. The number of hydrogen-bond donors (Lipinski definition) is 4. The first-order valence-electron chi connectivity index (χ1n) is 14.0. The monoisotopic (exact) mass is 582 g/mol. The van der Waals surface area contributed by atoms with Crippen molar-refractivity contribution in [2.45, 2.75) is 68.7 Å². The molecule has 0 spiro atoms. The normalized spacial score (nSPS) is 28.5. The summed E-state index contributed by atoms with van der Waals surface area (Å²) >= 11 is 0. The number of nitrogens with one attached hydrogen (secondary N) is 3. The molecule has 1 aromatic rings. The molecule has 41 heavy (non-hydrogen) atoms. The summed E-state index contributed by atoms with van der Waals surface area (Å²) in [6.45, 7) is 4.00. The third-order valence-corrected chi connectivity index (χ3v) is 8.94. The van der Waals surface area contributed by atoms with Crippen molar-refractivity contribution in [3.8, 4) is 0 Å². The van der Waals surface area contributed by atoms with Gasteiger partial charge in [0, 0.05) is 51.1 Å². The molecular weight excluding hydrogens is 544 g/mol. The molecular formula is C28H38F4N6O3. The molecule has 3 heterocycles. The molecule has 2 atom stereocenters. The third kappa shape index (κ3) is 5.76. The van der Waals surface area contributed by atoms with Crippen LogP contribution in [-0.4, -0.2) is 88.7 Å². The van der Waals surface area contributed by atoms with Crippen molar-refractivity contribution in [2.75, 3.05) is 38.6 Å². The van der Waals surface area contributed by atoms with Crippen molar-refractivity contribution >= 4 is 17.8 Å². The fourth-order valence-electron chi connectivity index (χ4n) is 6.37. The molecule has 2 aliphatic carbocycles. The van der Waals surface area contributed by atoms with Crippen LogP contribution in [-0.2, 0) is 23.0 Å². The van der Waals surface area contributed by atoms with E-state index in [9.17, 15) is 27.5 Å². The van der Waals surface area contributed by atoms with E-state index in [2.05, 4.69) is 30.7 Å². The molecule has 4 N–H and O–H groups in total. The third-order valence-electron chi connectivity index (χ3n) is 8.94. The maximum Gasteiger partial charge on any atom is 0.448 e. The minimum absolute atomic E-state index is 0.00548. The number of dihydropyridines is 1. The molecule has 0 aromatic carbocycles. The van der Waals surface area contributed by atoms with Gasteiger partial charge in [0.2, 0.25) is 5.91 Å². The zero-order chi connectivity index (χ0) is 29.6. The molecule has 1 saturated carbocycles. The van der Waals surface area contributed by atoms with Gasteiger partial charge in [0.25, 0.3) is 0 Å². The number of likely N-dealkylation sites (tertiary alicyclic amines) is 1. The highest BCUT2D eigenvalue weighted by atomic mass is 19.4. The lowest BCUT2D eigenvalue weighted by Gasteiger charge is -2.48. The van der Waals surface area contributed by atoms with Crippen LogP contribution in [0.3, 0.4) is 0 Å². The van der Waals surface area contributed by atoms with E-state index in [-0.39, 0.29) is 30.7 Å². The quantitative estimate of drug-likeness (QED) is 0.350. The number of aromatic nitrogens is 2. The lowest BCUT2D eigenvalue weighted by molar-refractivity contribution is -0.339. The summed E-state index contributed by atoms with van der Waals surface area (Å²) in [5.74, 6) is -5.44. The van der Waals surface area contributed by atoms with Crippen molar-refractivity contribution in [3.05, 3.63) is 40.8 Å². The minimum atomic E-state index is -5.21. The highest BCUT2D eigenvalue weighted by Crippen LogP contribution is 2.45. The summed E-state index contributed by atoms with van der Waals surface area (Å²) in [6, 6.07) is 0.359. The summed E-state index contributed by atoms with van der Waals surface area (Å²) < 4.78 is 60.8. The standard InChI is InChI=1S/C28H38F4N6O3/c1-17-4-5-19(13-33-17)26(40)10-8-21(9-11-26)38-15-20(16-38)35-24(39)14-34-25-22-12-18(6-7-23(22)37(2)36-25)27(29,41-3)28(30,31)32/h4-7,18,20-21,33,40H,8-16H2,1-3H3,(H,34,36)(H,35,39). The van der Waals surface area contributed by atoms with Gasteiger partial charge >= 0.3 is 12.0 Å². The Kier molecular flexibility index (Phi) is 7.99. The van der Waals surface area contributed by atoms with E-state index in [0.717, 1.165) is 43.3 Å². The Bertz CT molecular complexity index is 1240. The van der Waals surface area contributed by atoms with E-state index >= 15 is 0 Å². The Morgan fingerprint density at radius 3 is 2.56 bits per heavy atom. The van der Waals surface area contributed by atoms with Gasteiger partial charge in [0.1, 0.15) is 0 Å². The molecule has 226 valence electrons. The molecule has 4 aliphatic rings. The van der Waals surface area contributed by atoms with Gasteiger partial charge in [-0.05, 0) is 56.8 Å². The van der Waals surface area contributed by atoms with Crippen LogP contribution >= 0.6 is 0 Å². The Hall–Kier alpha value is -2.90. The highest BCUT2D eigenvalue weighted by Gasteiger charge is 2.61. The van der Waals surface area contributed by atoms with E-state index in [0.29, 0.717) is 43.8 Å². The summed E-state index contributed by atoms with van der Waals surface area (Å²) in [4.78, 5) is 15.0. The first-order chi connectivity index (χ1) is 19.3. The highest BCUT2D eigenvalue weighted by molar-refractivity contribution is 5.81. The number of carbonyl (C=O) groups is 1. The predicted octanol–water partition coefficient (Wildman–Crippen LogP) is 2.80. The average molecular weight is 583 g/mol. The van der Waals surface area contributed by atoms with Crippen LogP contribution < -0.4 is 16.0 Å². The molecule has 0 bridgehead atoms. The first-order valence-corrected chi connectivity index (χ1v) is 14.0. The number of alkyl halides is 4. The van der Waals surface area contributed by atoms with Crippen LogP contribution in [0.2, 0.25) is 0 Å². The van der Waals surface area contributed by atoms with Crippen molar-refractivity contribution in [3.63, 3.8) is 0 Å². The molecule has 1 saturated heterocycles. The largest absolute Gasteiger partial charge is 0.448 e. The van der Waals surface area contributed by atoms with Crippen molar-refractivity contribution in [1.82, 2.24) is 25.3 Å². The second-order valence-corrected chi connectivity index (χ2v) is 11.6. The van der Waals surface area contributed by atoms with Gasteiger partial charge in [0.05, 0.1) is 29.8 Å².